The van der Waals surface area contributed by atoms with Gasteiger partial charge in [0.2, 0.25) is 0 Å². The molecule has 0 bridgehead atoms. The third-order valence-corrected chi connectivity index (χ3v) is 7.11. The number of ketones is 1. The molecule has 0 spiro atoms. The van der Waals surface area contributed by atoms with Crippen molar-refractivity contribution < 1.29 is 24.2 Å². The molecule has 8 heteroatoms. The Morgan fingerprint density at radius 2 is 1.61 bits per heavy atom. The number of ether oxygens (including phenoxy) is 2. The largest absolute Gasteiger partial charge is 0.507 e. The molecule has 2 aliphatic heterocycles. The van der Waals surface area contributed by atoms with E-state index in [4.69, 9.17) is 21.1 Å². The van der Waals surface area contributed by atoms with Gasteiger partial charge in [-0.3, -0.25) is 14.5 Å². The summed E-state index contributed by atoms with van der Waals surface area (Å²) >= 11 is 6.02. The zero-order valence-corrected chi connectivity index (χ0v) is 21.6. The molecule has 2 heterocycles. The molecule has 2 aliphatic rings. The lowest BCUT2D eigenvalue weighted by molar-refractivity contribution is -0.140. The number of likely N-dealkylation sites (tertiary alicyclic amines) is 1. The van der Waals surface area contributed by atoms with E-state index in [1.807, 2.05) is 54.6 Å². The van der Waals surface area contributed by atoms with Crippen LogP contribution in [0.3, 0.4) is 0 Å². The van der Waals surface area contributed by atoms with Crippen LogP contribution in [0.1, 0.15) is 22.7 Å². The molecule has 1 amide bonds. The van der Waals surface area contributed by atoms with Crippen LogP contribution in [0.15, 0.2) is 84.4 Å². The fourth-order valence-electron chi connectivity index (χ4n) is 4.78. The molecule has 0 aromatic heterocycles. The molecule has 3 aromatic rings. The van der Waals surface area contributed by atoms with E-state index in [2.05, 4.69) is 4.90 Å². The van der Waals surface area contributed by atoms with Crippen LogP contribution >= 0.6 is 11.6 Å². The minimum atomic E-state index is -0.727. The predicted molar refractivity (Wildman–Crippen MR) is 145 cm³/mol. The number of morpholine rings is 1. The van der Waals surface area contributed by atoms with Gasteiger partial charge in [0.15, 0.2) is 0 Å². The van der Waals surface area contributed by atoms with Crippen LogP contribution in [0.25, 0.3) is 5.76 Å². The van der Waals surface area contributed by atoms with Crippen molar-refractivity contribution in [1.29, 1.82) is 0 Å². The van der Waals surface area contributed by atoms with Gasteiger partial charge >= 0.3 is 0 Å². The maximum Gasteiger partial charge on any atom is 0.295 e. The molecule has 2 fully saturated rings. The zero-order valence-electron chi connectivity index (χ0n) is 20.9. The SMILES string of the molecule is O=C1C(=O)N(CCN2CCOCC2)C(c2ccc(OCc3ccccc3)cc2)/C1=C(\O)c1ccc(Cl)cc1. The number of carbonyl (C=O) groups is 2. The van der Waals surface area contributed by atoms with Gasteiger partial charge in [-0.2, -0.15) is 0 Å². The van der Waals surface area contributed by atoms with Crippen LogP contribution < -0.4 is 4.74 Å². The summed E-state index contributed by atoms with van der Waals surface area (Å²) in [4.78, 5) is 30.3. The highest BCUT2D eigenvalue weighted by molar-refractivity contribution is 6.46. The van der Waals surface area contributed by atoms with Crippen molar-refractivity contribution in [2.75, 3.05) is 39.4 Å². The van der Waals surface area contributed by atoms with E-state index < -0.39 is 17.7 Å². The second-order valence-electron chi connectivity index (χ2n) is 9.30. The molecule has 0 aliphatic carbocycles. The summed E-state index contributed by atoms with van der Waals surface area (Å²) in [5.74, 6) is -0.874. The first kappa shape index (κ1) is 26.0. The lowest BCUT2D eigenvalue weighted by Crippen LogP contribution is -2.42. The van der Waals surface area contributed by atoms with Crippen molar-refractivity contribution in [3.63, 3.8) is 0 Å². The quantitative estimate of drug-likeness (QED) is 0.258. The van der Waals surface area contributed by atoms with Crippen molar-refractivity contribution in [2.45, 2.75) is 12.6 Å². The highest BCUT2D eigenvalue weighted by Gasteiger charge is 2.46. The fraction of sp³-hybridized carbons (Fsp3) is 0.267. The number of hydrogen-bond acceptors (Lipinski definition) is 6. The zero-order chi connectivity index (χ0) is 26.5. The number of halogens is 1. The number of amides is 1. The normalized spacial score (nSPS) is 19.6. The Morgan fingerprint density at radius 3 is 2.29 bits per heavy atom. The summed E-state index contributed by atoms with van der Waals surface area (Å²) < 4.78 is 11.3. The first-order valence-corrected chi connectivity index (χ1v) is 13.0. The highest BCUT2D eigenvalue weighted by Crippen LogP contribution is 2.40. The van der Waals surface area contributed by atoms with Crippen molar-refractivity contribution in [3.8, 4) is 5.75 Å². The number of carbonyl (C=O) groups excluding carboxylic acids is 2. The van der Waals surface area contributed by atoms with E-state index in [0.717, 1.165) is 18.7 Å². The molecule has 1 N–H and O–H groups in total. The number of aliphatic hydroxyl groups excluding tert-OH is 1. The van der Waals surface area contributed by atoms with Crippen LogP contribution in [0.4, 0.5) is 0 Å². The van der Waals surface area contributed by atoms with E-state index in [9.17, 15) is 14.7 Å². The molecular weight excluding hydrogens is 504 g/mol. The molecule has 38 heavy (non-hydrogen) atoms. The van der Waals surface area contributed by atoms with Crippen LogP contribution in [-0.2, 0) is 20.9 Å². The maximum absolute atomic E-state index is 13.3. The summed E-state index contributed by atoms with van der Waals surface area (Å²) in [6.07, 6.45) is 0. The van der Waals surface area contributed by atoms with Gasteiger partial charge in [-0.1, -0.05) is 54.1 Å². The van der Waals surface area contributed by atoms with Gasteiger partial charge in [-0.05, 0) is 47.5 Å². The number of benzene rings is 3. The summed E-state index contributed by atoms with van der Waals surface area (Å²) in [6.45, 7) is 4.20. The standard InChI is InChI=1S/C30H29ClN2O5/c31-24-10-6-23(7-11-24)28(34)26-27(33(30(36)29(26)35)15-14-32-16-18-37-19-17-32)22-8-12-25(13-9-22)38-20-21-4-2-1-3-5-21/h1-13,27,34H,14-20H2/b28-26+. The average Bonchev–Trinajstić information content (AvgIpc) is 3.21. The predicted octanol–water partition coefficient (Wildman–Crippen LogP) is 4.67. The number of hydrogen-bond donors (Lipinski definition) is 1. The van der Waals surface area contributed by atoms with E-state index in [0.29, 0.717) is 54.8 Å². The van der Waals surface area contributed by atoms with Crippen molar-refractivity contribution in [3.05, 3.63) is 106 Å². The molecule has 3 aromatic carbocycles. The van der Waals surface area contributed by atoms with Crippen LogP contribution in [0.2, 0.25) is 5.02 Å². The third-order valence-electron chi connectivity index (χ3n) is 6.86. The number of Topliss-reactive ketones (excluding diaryl/α,β-unsaturated/α-hetero) is 1. The van der Waals surface area contributed by atoms with Crippen molar-refractivity contribution in [2.24, 2.45) is 0 Å². The molecule has 1 atom stereocenters. The van der Waals surface area contributed by atoms with Crippen molar-refractivity contribution >= 4 is 29.1 Å². The lowest BCUT2D eigenvalue weighted by atomic mass is 9.95. The molecule has 0 saturated carbocycles. The summed E-state index contributed by atoms with van der Waals surface area (Å²) in [5.41, 5.74) is 2.26. The van der Waals surface area contributed by atoms with Gasteiger partial charge in [-0.25, -0.2) is 0 Å². The van der Waals surface area contributed by atoms with Crippen LogP contribution in [0, 0.1) is 0 Å². The van der Waals surface area contributed by atoms with Crippen LogP contribution in [-0.4, -0.2) is 66.0 Å². The summed E-state index contributed by atoms with van der Waals surface area (Å²) in [6, 6.07) is 23.0. The number of nitrogens with zero attached hydrogens (tertiary/aromatic N) is 2. The molecule has 7 nitrogen and oxygen atoms in total. The molecule has 2 saturated heterocycles. The lowest BCUT2D eigenvalue weighted by Gasteiger charge is -2.31. The monoisotopic (exact) mass is 532 g/mol. The molecule has 5 rings (SSSR count). The highest BCUT2D eigenvalue weighted by atomic mass is 35.5. The van der Waals surface area contributed by atoms with E-state index >= 15 is 0 Å². The van der Waals surface area contributed by atoms with Crippen LogP contribution in [0.5, 0.6) is 5.75 Å². The topological polar surface area (TPSA) is 79.3 Å². The summed E-state index contributed by atoms with van der Waals surface area (Å²) in [7, 11) is 0. The summed E-state index contributed by atoms with van der Waals surface area (Å²) in [5, 5.41) is 11.7. The Bertz CT molecular complexity index is 1300. The third kappa shape index (κ3) is 5.75. The Kier molecular flexibility index (Phi) is 8.08. The Labute approximate surface area is 226 Å². The van der Waals surface area contributed by atoms with E-state index in [1.54, 1.807) is 29.2 Å². The first-order chi connectivity index (χ1) is 18.5. The fourth-order valence-corrected chi connectivity index (χ4v) is 4.91. The minimum Gasteiger partial charge on any atom is -0.507 e. The first-order valence-electron chi connectivity index (χ1n) is 12.6. The second kappa shape index (κ2) is 11.8. The smallest absolute Gasteiger partial charge is 0.295 e. The van der Waals surface area contributed by atoms with Gasteiger partial charge in [-0.15, -0.1) is 0 Å². The van der Waals surface area contributed by atoms with Gasteiger partial charge in [0.05, 0.1) is 24.8 Å². The number of aliphatic hydroxyl groups is 1. The van der Waals surface area contributed by atoms with Gasteiger partial charge < -0.3 is 19.5 Å². The van der Waals surface area contributed by atoms with Gasteiger partial charge in [0, 0.05) is 36.8 Å². The Hall–Kier alpha value is -3.65. The molecule has 0 radical (unpaired) electrons. The molecule has 1 unspecified atom stereocenters. The van der Waals surface area contributed by atoms with Gasteiger partial charge in [0.25, 0.3) is 11.7 Å². The molecule has 196 valence electrons. The molecular formula is C30H29ClN2O5. The van der Waals surface area contributed by atoms with E-state index in [-0.39, 0.29) is 11.3 Å². The maximum atomic E-state index is 13.3. The average molecular weight is 533 g/mol. The minimum absolute atomic E-state index is 0.0669. The second-order valence-corrected chi connectivity index (χ2v) is 9.73. The Morgan fingerprint density at radius 1 is 0.921 bits per heavy atom. The van der Waals surface area contributed by atoms with E-state index in [1.165, 1.54) is 0 Å². The Balaban J connectivity index is 1.44. The number of rotatable bonds is 8. The van der Waals surface area contributed by atoms with Crippen molar-refractivity contribution in [1.82, 2.24) is 9.80 Å². The van der Waals surface area contributed by atoms with Gasteiger partial charge in [0.1, 0.15) is 18.1 Å².